The van der Waals surface area contributed by atoms with Crippen LogP contribution in [-0.2, 0) is 14.3 Å². The van der Waals surface area contributed by atoms with Crippen molar-refractivity contribution in [3.63, 3.8) is 0 Å². The summed E-state index contributed by atoms with van der Waals surface area (Å²) in [5.41, 5.74) is 0.214. The van der Waals surface area contributed by atoms with Crippen LogP contribution in [0.4, 0.5) is 4.39 Å². The molecule has 128 valence electrons. The van der Waals surface area contributed by atoms with Crippen LogP contribution in [0.5, 0.6) is 0 Å². The van der Waals surface area contributed by atoms with Crippen molar-refractivity contribution in [1.82, 2.24) is 20.2 Å². The minimum atomic E-state index is -0.514. The van der Waals surface area contributed by atoms with Gasteiger partial charge in [0.05, 0.1) is 17.9 Å². The summed E-state index contributed by atoms with van der Waals surface area (Å²) >= 11 is 1.02. The van der Waals surface area contributed by atoms with E-state index >= 15 is 0 Å². The van der Waals surface area contributed by atoms with Gasteiger partial charge < -0.3 is 15.9 Å². The molecular weight excluding hydrogens is 337 g/mol. The maximum absolute atomic E-state index is 13.8. The van der Waals surface area contributed by atoms with Crippen LogP contribution in [0.2, 0.25) is 0 Å². The van der Waals surface area contributed by atoms with Crippen LogP contribution in [0.15, 0.2) is 29.4 Å². The minimum absolute atomic E-state index is 0.0218. The third kappa shape index (κ3) is 4.44. The Kier molecular flexibility index (Phi) is 6.13. The summed E-state index contributed by atoms with van der Waals surface area (Å²) in [6.45, 7) is 1.72. The molecule has 1 aromatic heterocycles. The maximum Gasteiger partial charge on any atom is 0.325 e. The van der Waals surface area contributed by atoms with Gasteiger partial charge in [-0.15, -0.1) is 10.2 Å². The fraction of sp³-hybridized carbons (Fsp3) is 0.286. The third-order valence-corrected chi connectivity index (χ3v) is 3.79. The molecule has 0 bridgehead atoms. The molecule has 0 aliphatic heterocycles. The quantitative estimate of drug-likeness (QED) is 0.425. The van der Waals surface area contributed by atoms with Crippen LogP contribution in [0.3, 0.4) is 0 Å². The summed E-state index contributed by atoms with van der Waals surface area (Å²) in [5, 5.41) is 10.3. The van der Waals surface area contributed by atoms with Gasteiger partial charge in [-0.3, -0.25) is 9.59 Å². The Labute approximate surface area is 141 Å². The fourth-order valence-corrected chi connectivity index (χ4v) is 2.45. The molecule has 0 radical (unpaired) electrons. The summed E-state index contributed by atoms with van der Waals surface area (Å²) in [5.74, 6) is 4.61. The van der Waals surface area contributed by atoms with Gasteiger partial charge in [-0.05, 0) is 19.1 Å². The zero-order valence-corrected chi connectivity index (χ0v) is 13.7. The van der Waals surface area contributed by atoms with Crippen LogP contribution in [0, 0.1) is 5.82 Å². The van der Waals surface area contributed by atoms with Gasteiger partial charge in [0.2, 0.25) is 11.1 Å². The molecule has 0 saturated carbocycles. The Bertz CT molecular complexity index is 737. The van der Waals surface area contributed by atoms with E-state index in [0.29, 0.717) is 0 Å². The van der Waals surface area contributed by atoms with Gasteiger partial charge in [0, 0.05) is 0 Å². The highest BCUT2D eigenvalue weighted by molar-refractivity contribution is 7.99. The number of ether oxygens (including phenoxy) is 1. The second-order valence-corrected chi connectivity index (χ2v) is 5.47. The monoisotopic (exact) mass is 353 g/mol. The van der Waals surface area contributed by atoms with Crippen molar-refractivity contribution in [2.24, 2.45) is 0 Å². The Balaban J connectivity index is 1.94. The normalized spacial score (nSPS) is 10.4. The Hall–Kier alpha value is -2.62. The van der Waals surface area contributed by atoms with Crippen LogP contribution in [-0.4, -0.2) is 45.7 Å². The van der Waals surface area contributed by atoms with Crippen LogP contribution in [0.25, 0.3) is 11.4 Å². The number of esters is 1. The van der Waals surface area contributed by atoms with Gasteiger partial charge in [-0.25, -0.2) is 9.07 Å². The zero-order chi connectivity index (χ0) is 17.5. The van der Waals surface area contributed by atoms with Gasteiger partial charge in [-0.2, -0.15) is 0 Å². The largest absolute Gasteiger partial charge is 0.465 e. The number of nitrogen functional groups attached to an aromatic ring is 1. The number of nitrogens with one attached hydrogen (secondary N) is 1. The van der Waals surface area contributed by atoms with E-state index < -0.39 is 11.8 Å². The van der Waals surface area contributed by atoms with E-state index in [-0.39, 0.29) is 41.4 Å². The summed E-state index contributed by atoms with van der Waals surface area (Å²) in [7, 11) is 0. The molecule has 0 unspecified atom stereocenters. The van der Waals surface area contributed by atoms with E-state index in [0.717, 1.165) is 16.4 Å². The van der Waals surface area contributed by atoms with Gasteiger partial charge in [0.15, 0.2) is 5.82 Å². The average Bonchev–Trinajstić information content (AvgIpc) is 2.92. The molecular formula is C14H16FN5O3S. The molecule has 1 aromatic carbocycles. The van der Waals surface area contributed by atoms with E-state index in [1.165, 1.54) is 12.1 Å². The highest BCUT2D eigenvalue weighted by Gasteiger charge is 2.16. The SMILES string of the molecule is CCOC(=O)CNC(=O)CSc1nnc(-c2ccccc2F)n1N. The smallest absolute Gasteiger partial charge is 0.325 e. The molecule has 0 atom stereocenters. The van der Waals surface area contributed by atoms with E-state index in [4.69, 9.17) is 10.6 Å². The van der Waals surface area contributed by atoms with Gasteiger partial charge >= 0.3 is 5.97 Å². The number of carbonyl (C=O) groups is 2. The summed E-state index contributed by atoms with van der Waals surface area (Å²) in [6, 6.07) is 6.03. The number of hydrogen-bond acceptors (Lipinski definition) is 7. The van der Waals surface area contributed by atoms with Gasteiger partial charge in [-0.1, -0.05) is 23.9 Å². The van der Waals surface area contributed by atoms with E-state index in [9.17, 15) is 14.0 Å². The molecule has 10 heteroatoms. The molecule has 24 heavy (non-hydrogen) atoms. The highest BCUT2D eigenvalue weighted by Crippen LogP contribution is 2.23. The number of thioether (sulfide) groups is 1. The number of nitrogens with zero attached hydrogens (tertiary/aromatic N) is 3. The molecule has 0 aliphatic rings. The predicted octanol–water partition coefficient (Wildman–Crippen LogP) is 0.569. The lowest BCUT2D eigenvalue weighted by Gasteiger charge is -2.05. The summed E-state index contributed by atoms with van der Waals surface area (Å²) in [6.07, 6.45) is 0. The maximum atomic E-state index is 13.8. The van der Waals surface area contributed by atoms with Crippen LogP contribution < -0.4 is 11.2 Å². The number of amides is 1. The molecule has 3 N–H and O–H groups in total. The molecule has 2 rings (SSSR count). The lowest BCUT2D eigenvalue weighted by atomic mass is 10.2. The predicted molar refractivity (Wildman–Crippen MR) is 85.9 cm³/mol. The van der Waals surface area contributed by atoms with E-state index in [1.807, 2.05) is 0 Å². The van der Waals surface area contributed by atoms with Crippen molar-refractivity contribution in [1.29, 1.82) is 0 Å². The molecule has 0 aliphatic carbocycles. The van der Waals surface area contributed by atoms with Crippen molar-refractivity contribution < 1.29 is 18.7 Å². The molecule has 1 amide bonds. The standard InChI is InChI=1S/C14H16FN5O3S/c1-2-23-12(22)7-17-11(21)8-24-14-19-18-13(20(14)16)9-5-3-4-6-10(9)15/h3-6H,2,7-8,16H2,1H3,(H,17,21). The van der Waals surface area contributed by atoms with Crippen molar-refractivity contribution in [2.75, 3.05) is 24.7 Å². The molecule has 8 nitrogen and oxygen atoms in total. The van der Waals surface area contributed by atoms with Crippen molar-refractivity contribution >= 4 is 23.6 Å². The first-order chi connectivity index (χ1) is 11.5. The number of hydrogen-bond donors (Lipinski definition) is 2. The van der Waals surface area contributed by atoms with Crippen LogP contribution in [0.1, 0.15) is 6.92 Å². The first-order valence-electron chi connectivity index (χ1n) is 7.03. The Morgan fingerprint density at radius 2 is 2.12 bits per heavy atom. The van der Waals surface area contributed by atoms with E-state index in [1.54, 1.807) is 19.1 Å². The Morgan fingerprint density at radius 3 is 2.83 bits per heavy atom. The lowest BCUT2D eigenvalue weighted by Crippen LogP contribution is -2.32. The van der Waals surface area contributed by atoms with Gasteiger partial charge in [0.1, 0.15) is 12.4 Å². The van der Waals surface area contributed by atoms with Gasteiger partial charge in [0.25, 0.3) is 0 Å². The fourth-order valence-electron chi connectivity index (χ4n) is 1.77. The molecule has 2 aromatic rings. The number of aromatic nitrogens is 3. The molecule has 0 fully saturated rings. The van der Waals surface area contributed by atoms with Crippen LogP contribution >= 0.6 is 11.8 Å². The first kappa shape index (κ1) is 17.7. The molecule has 0 spiro atoms. The molecule has 0 saturated heterocycles. The average molecular weight is 353 g/mol. The number of halogens is 1. The third-order valence-electron chi connectivity index (χ3n) is 2.85. The minimum Gasteiger partial charge on any atom is -0.465 e. The second-order valence-electron chi connectivity index (χ2n) is 4.53. The lowest BCUT2D eigenvalue weighted by molar-refractivity contribution is -0.143. The van der Waals surface area contributed by atoms with Crippen molar-refractivity contribution in [2.45, 2.75) is 12.1 Å². The second kappa shape index (κ2) is 8.29. The van der Waals surface area contributed by atoms with E-state index in [2.05, 4.69) is 15.5 Å². The number of rotatable bonds is 7. The highest BCUT2D eigenvalue weighted by atomic mass is 32.2. The topological polar surface area (TPSA) is 112 Å². The zero-order valence-electron chi connectivity index (χ0n) is 12.9. The Morgan fingerprint density at radius 1 is 1.38 bits per heavy atom. The number of nitrogens with two attached hydrogens (primary N) is 1. The van der Waals surface area contributed by atoms with Crippen molar-refractivity contribution in [3.05, 3.63) is 30.1 Å². The number of benzene rings is 1. The molecule has 1 heterocycles. The number of carbonyl (C=O) groups excluding carboxylic acids is 2. The van der Waals surface area contributed by atoms with Crippen molar-refractivity contribution in [3.8, 4) is 11.4 Å². The summed E-state index contributed by atoms with van der Waals surface area (Å²) in [4.78, 5) is 22.8. The summed E-state index contributed by atoms with van der Waals surface area (Å²) < 4.78 is 19.6. The first-order valence-corrected chi connectivity index (χ1v) is 8.02.